The third-order valence-corrected chi connectivity index (χ3v) is 1.46. The Bertz CT molecular complexity index is 273. The average molecular weight is 184 g/mol. The molecule has 1 aromatic heterocycles. The second-order valence-electron chi connectivity index (χ2n) is 2.18. The van der Waals surface area contributed by atoms with Crippen molar-refractivity contribution in [3.05, 3.63) is 35.5 Å². The normalized spacial score (nSPS) is 10.5. The molecule has 12 heavy (non-hydrogen) atoms. The Morgan fingerprint density at radius 2 is 2.42 bits per heavy atom. The van der Waals surface area contributed by atoms with E-state index in [1.807, 2.05) is 19.1 Å². The predicted octanol–water partition coefficient (Wildman–Crippen LogP) is 2.69. The number of rotatable bonds is 3. The fourth-order valence-corrected chi connectivity index (χ4v) is 0.856. The van der Waals surface area contributed by atoms with E-state index in [1.54, 1.807) is 18.2 Å². The summed E-state index contributed by atoms with van der Waals surface area (Å²) in [4.78, 5) is 3.95. The van der Waals surface area contributed by atoms with Gasteiger partial charge in [0.05, 0.1) is 0 Å². The number of pyridine rings is 1. The van der Waals surface area contributed by atoms with Crippen molar-refractivity contribution in [2.24, 2.45) is 0 Å². The molecular weight excluding hydrogens is 174 g/mol. The maximum atomic E-state index is 5.65. The Labute approximate surface area is 76.8 Å². The molecule has 1 heterocycles. The molecule has 0 aliphatic carbocycles. The molecule has 0 aromatic carbocycles. The Balaban J connectivity index is 2.52. The predicted molar refractivity (Wildman–Crippen MR) is 49.6 cm³/mol. The van der Waals surface area contributed by atoms with Gasteiger partial charge in [-0.15, -0.1) is 0 Å². The Morgan fingerprint density at radius 1 is 1.58 bits per heavy atom. The van der Waals surface area contributed by atoms with E-state index in [-0.39, 0.29) is 0 Å². The Morgan fingerprint density at radius 3 is 3.08 bits per heavy atom. The van der Waals surface area contributed by atoms with Gasteiger partial charge in [-0.05, 0) is 13.0 Å². The second-order valence-corrected chi connectivity index (χ2v) is 2.57. The van der Waals surface area contributed by atoms with Gasteiger partial charge in [0.2, 0.25) is 5.88 Å². The van der Waals surface area contributed by atoms with E-state index in [0.29, 0.717) is 17.6 Å². The molecule has 0 aliphatic rings. The van der Waals surface area contributed by atoms with Crippen LogP contribution in [0.3, 0.4) is 0 Å². The van der Waals surface area contributed by atoms with Crippen LogP contribution in [0.2, 0.25) is 5.15 Å². The maximum Gasteiger partial charge on any atom is 0.214 e. The average Bonchev–Trinajstić information content (AvgIpc) is 2.05. The van der Waals surface area contributed by atoms with Crippen LogP contribution in [0.5, 0.6) is 5.88 Å². The van der Waals surface area contributed by atoms with E-state index >= 15 is 0 Å². The van der Waals surface area contributed by atoms with Crippen molar-refractivity contribution in [1.82, 2.24) is 4.98 Å². The Hall–Kier alpha value is -1.02. The first kappa shape index (κ1) is 9.07. The van der Waals surface area contributed by atoms with E-state index in [9.17, 15) is 0 Å². The standard InChI is InChI=1S/C9H10ClNO/c1-2-3-7-12-9-6-4-5-8(10)11-9/h2-6H,7H2,1H3/b3-2+. The first-order valence-corrected chi connectivity index (χ1v) is 4.07. The zero-order valence-electron chi connectivity index (χ0n) is 6.83. The van der Waals surface area contributed by atoms with E-state index in [1.165, 1.54) is 0 Å². The molecule has 0 N–H and O–H groups in total. The van der Waals surface area contributed by atoms with Gasteiger partial charge in [0, 0.05) is 6.07 Å². The van der Waals surface area contributed by atoms with E-state index in [4.69, 9.17) is 16.3 Å². The van der Waals surface area contributed by atoms with Gasteiger partial charge < -0.3 is 4.74 Å². The van der Waals surface area contributed by atoms with Gasteiger partial charge in [0.25, 0.3) is 0 Å². The van der Waals surface area contributed by atoms with Crippen LogP contribution >= 0.6 is 11.6 Å². The number of hydrogen-bond donors (Lipinski definition) is 0. The van der Waals surface area contributed by atoms with Crippen molar-refractivity contribution in [3.8, 4) is 5.88 Å². The first-order chi connectivity index (χ1) is 5.83. The van der Waals surface area contributed by atoms with Crippen LogP contribution in [-0.2, 0) is 0 Å². The highest BCUT2D eigenvalue weighted by atomic mass is 35.5. The van der Waals surface area contributed by atoms with Gasteiger partial charge in [-0.3, -0.25) is 0 Å². The maximum absolute atomic E-state index is 5.65. The minimum atomic E-state index is 0.452. The smallest absolute Gasteiger partial charge is 0.214 e. The third kappa shape index (κ3) is 2.93. The summed E-state index contributed by atoms with van der Waals surface area (Å²) in [5, 5.41) is 0.452. The van der Waals surface area contributed by atoms with Gasteiger partial charge in [0.1, 0.15) is 11.8 Å². The van der Waals surface area contributed by atoms with Crippen LogP contribution in [0.25, 0.3) is 0 Å². The summed E-state index contributed by atoms with van der Waals surface area (Å²) in [6.07, 6.45) is 3.83. The molecule has 0 aliphatic heterocycles. The van der Waals surface area contributed by atoms with Crippen molar-refractivity contribution >= 4 is 11.6 Å². The summed E-state index contributed by atoms with van der Waals surface area (Å²) >= 11 is 5.65. The lowest BCUT2D eigenvalue weighted by molar-refractivity contribution is 0.348. The van der Waals surface area contributed by atoms with Gasteiger partial charge in [-0.25, -0.2) is 4.98 Å². The number of halogens is 1. The lowest BCUT2D eigenvalue weighted by atomic mass is 10.5. The molecule has 1 rings (SSSR count). The molecule has 64 valence electrons. The van der Waals surface area contributed by atoms with Crippen LogP contribution in [0.4, 0.5) is 0 Å². The molecule has 2 nitrogen and oxygen atoms in total. The summed E-state index contributed by atoms with van der Waals surface area (Å²) in [5.74, 6) is 0.556. The van der Waals surface area contributed by atoms with Crippen molar-refractivity contribution in [2.45, 2.75) is 6.92 Å². The molecule has 0 radical (unpaired) electrons. The molecule has 0 saturated carbocycles. The topological polar surface area (TPSA) is 22.1 Å². The highest BCUT2D eigenvalue weighted by Crippen LogP contribution is 2.10. The van der Waals surface area contributed by atoms with Crippen molar-refractivity contribution in [2.75, 3.05) is 6.61 Å². The molecule has 0 bridgehead atoms. The molecule has 0 amide bonds. The van der Waals surface area contributed by atoms with Crippen molar-refractivity contribution in [1.29, 1.82) is 0 Å². The number of allylic oxidation sites excluding steroid dienone is 1. The van der Waals surface area contributed by atoms with E-state index in [0.717, 1.165) is 0 Å². The lowest BCUT2D eigenvalue weighted by Gasteiger charge is -2.00. The zero-order valence-corrected chi connectivity index (χ0v) is 7.58. The molecule has 0 unspecified atom stereocenters. The number of ether oxygens (including phenoxy) is 1. The van der Waals surface area contributed by atoms with Crippen LogP contribution < -0.4 is 4.74 Å². The largest absolute Gasteiger partial charge is 0.473 e. The lowest BCUT2D eigenvalue weighted by Crippen LogP contribution is -1.94. The van der Waals surface area contributed by atoms with Gasteiger partial charge in [0.15, 0.2) is 0 Å². The molecule has 0 saturated heterocycles. The first-order valence-electron chi connectivity index (χ1n) is 3.69. The highest BCUT2D eigenvalue weighted by Gasteiger charge is 1.93. The summed E-state index contributed by atoms with van der Waals surface area (Å²) in [6.45, 7) is 2.47. The highest BCUT2D eigenvalue weighted by molar-refractivity contribution is 6.29. The minimum absolute atomic E-state index is 0.452. The van der Waals surface area contributed by atoms with Crippen molar-refractivity contribution in [3.63, 3.8) is 0 Å². The zero-order chi connectivity index (χ0) is 8.81. The molecular formula is C9H10ClNO. The van der Waals surface area contributed by atoms with Gasteiger partial charge in [-0.1, -0.05) is 29.8 Å². The fourth-order valence-electron chi connectivity index (χ4n) is 0.700. The number of hydrogen-bond acceptors (Lipinski definition) is 2. The summed E-state index contributed by atoms with van der Waals surface area (Å²) < 4.78 is 5.24. The third-order valence-electron chi connectivity index (χ3n) is 1.25. The fraction of sp³-hybridized carbons (Fsp3) is 0.222. The van der Waals surface area contributed by atoms with Gasteiger partial charge >= 0.3 is 0 Å². The second kappa shape index (κ2) is 4.78. The SMILES string of the molecule is C/C=C/COc1cccc(Cl)n1. The molecule has 0 spiro atoms. The van der Waals surface area contributed by atoms with Crippen LogP contribution in [-0.4, -0.2) is 11.6 Å². The Kier molecular flexibility index (Phi) is 3.61. The van der Waals surface area contributed by atoms with Crippen LogP contribution in [0, 0.1) is 0 Å². The number of aromatic nitrogens is 1. The van der Waals surface area contributed by atoms with Crippen LogP contribution in [0.1, 0.15) is 6.92 Å². The van der Waals surface area contributed by atoms with Crippen molar-refractivity contribution < 1.29 is 4.74 Å². The van der Waals surface area contributed by atoms with Gasteiger partial charge in [-0.2, -0.15) is 0 Å². The molecule has 0 atom stereocenters. The number of nitrogens with zero attached hydrogens (tertiary/aromatic N) is 1. The quantitative estimate of drug-likeness (QED) is 0.531. The van der Waals surface area contributed by atoms with Crippen LogP contribution in [0.15, 0.2) is 30.4 Å². The monoisotopic (exact) mass is 183 g/mol. The van der Waals surface area contributed by atoms with E-state index < -0.39 is 0 Å². The summed E-state index contributed by atoms with van der Waals surface area (Å²) in [6, 6.07) is 5.29. The molecule has 0 fully saturated rings. The van der Waals surface area contributed by atoms with E-state index in [2.05, 4.69) is 4.98 Å². The summed E-state index contributed by atoms with van der Waals surface area (Å²) in [5.41, 5.74) is 0. The molecule has 3 heteroatoms. The summed E-state index contributed by atoms with van der Waals surface area (Å²) in [7, 11) is 0. The minimum Gasteiger partial charge on any atom is -0.473 e. The molecule has 1 aromatic rings.